The van der Waals surface area contributed by atoms with E-state index in [-0.39, 0.29) is 0 Å². The van der Waals surface area contributed by atoms with Crippen LogP contribution in [0.15, 0.2) is 23.4 Å². The molecule has 0 saturated heterocycles. The van der Waals surface area contributed by atoms with Gasteiger partial charge in [-0.1, -0.05) is 18.7 Å². The van der Waals surface area contributed by atoms with E-state index < -0.39 is 11.6 Å². The van der Waals surface area contributed by atoms with Crippen LogP contribution in [0.4, 0.5) is 8.78 Å². The highest BCUT2D eigenvalue weighted by Gasteiger charge is 2.08. The van der Waals surface area contributed by atoms with E-state index in [4.69, 9.17) is 0 Å². The fraction of sp³-hybridized carbons (Fsp3) is 0.417. The molecule has 0 aliphatic carbocycles. The Morgan fingerprint density at radius 2 is 2.00 bits per heavy atom. The highest BCUT2D eigenvalue weighted by Crippen LogP contribution is 2.21. The van der Waals surface area contributed by atoms with Gasteiger partial charge in [-0.25, -0.2) is 13.5 Å². The van der Waals surface area contributed by atoms with Crippen LogP contribution in [0.3, 0.4) is 0 Å². The van der Waals surface area contributed by atoms with Gasteiger partial charge in [0, 0.05) is 18.4 Å². The van der Waals surface area contributed by atoms with Crippen molar-refractivity contribution in [3.8, 4) is 0 Å². The first-order valence-electron chi connectivity index (χ1n) is 6.23. The van der Waals surface area contributed by atoms with Gasteiger partial charge in [0.1, 0.15) is 11.6 Å². The molecule has 8 heteroatoms. The number of halogens is 2. The van der Waals surface area contributed by atoms with Crippen LogP contribution in [0.2, 0.25) is 0 Å². The van der Waals surface area contributed by atoms with Crippen molar-refractivity contribution >= 4 is 11.8 Å². The molecule has 0 bridgehead atoms. The summed E-state index contributed by atoms with van der Waals surface area (Å²) in [5, 5.41) is 15.2. The summed E-state index contributed by atoms with van der Waals surface area (Å²) >= 11 is 1.35. The van der Waals surface area contributed by atoms with Crippen molar-refractivity contribution in [2.75, 3.05) is 13.1 Å². The Labute approximate surface area is 119 Å². The molecular formula is C12H15F2N5S. The summed E-state index contributed by atoms with van der Waals surface area (Å²) in [6.45, 7) is 4.32. The van der Waals surface area contributed by atoms with Crippen LogP contribution in [0.5, 0.6) is 0 Å². The molecule has 5 nitrogen and oxygen atoms in total. The van der Waals surface area contributed by atoms with Gasteiger partial charge in [0.25, 0.3) is 0 Å². The third-order valence-electron chi connectivity index (χ3n) is 2.54. The Hall–Kier alpha value is -1.54. The third-order valence-corrected chi connectivity index (χ3v) is 3.57. The number of thioether (sulfide) groups is 1. The third kappa shape index (κ3) is 4.24. The number of likely N-dealkylation sites (N-methyl/N-ethyl adjacent to an activating group) is 1. The maximum absolute atomic E-state index is 13.1. The summed E-state index contributed by atoms with van der Waals surface area (Å²) in [4.78, 5) is 0. The molecule has 20 heavy (non-hydrogen) atoms. The Bertz CT molecular complexity index is 540. The van der Waals surface area contributed by atoms with Crippen molar-refractivity contribution in [3.05, 3.63) is 35.4 Å². The molecule has 1 N–H and O–H groups in total. The number of tetrazole rings is 1. The topological polar surface area (TPSA) is 55.6 Å². The van der Waals surface area contributed by atoms with E-state index in [9.17, 15) is 8.78 Å². The molecule has 0 saturated carbocycles. The van der Waals surface area contributed by atoms with Crippen molar-refractivity contribution < 1.29 is 8.78 Å². The van der Waals surface area contributed by atoms with Crippen molar-refractivity contribution in [3.63, 3.8) is 0 Å². The van der Waals surface area contributed by atoms with Crippen LogP contribution in [0, 0.1) is 11.6 Å². The monoisotopic (exact) mass is 299 g/mol. The molecule has 2 rings (SSSR count). The summed E-state index contributed by atoms with van der Waals surface area (Å²) < 4.78 is 27.8. The molecule has 1 aromatic carbocycles. The van der Waals surface area contributed by atoms with Crippen LogP contribution in [-0.2, 0) is 12.3 Å². The zero-order valence-corrected chi connectivity index (χ0v) is 11.8. The highest BCUT2D eigenvalue weighted by atomic mass is 32.2. The van der Waals surface area contributed by atoms with Gasteiger partial charge < -0.3 is 5.32 Å². The number of rotatable bonds is 7. The minimum Gasteiger partial charge on any atom is -0.315 e. The summed E-state index contributed by atoms with van der Waals surface area (Å²) in [5.41, 5.74) is 0.564. The normalized spacial score (nSPS) is 10.9. The first-order chi connectivity index (χ1) is 9.69. The smallest absolute Gasteiger partial charge is 0.209 e. The molecule has 0 fully saturated rings. The first kappa shape index (κ1) is 14.9. The molecule has 0 spiro atoms. The van der Waals surface area contributed by atoms with Gasteiger partial charge in [0.2, 0.25) is 5.16 Å². The van der Waals surface area contributed by atoms with Crippen molar-refractivity contribution in [2.45, 2.75) is 24.4 Å². The average molecular weight is 299 g/mol. The van der Waals surface area contributed by atoms with Crippen LogP contribution < -0.4 is 5.32 Å². The van der Waals surface area contributed by atoms with E-state index >= 15 is 0 Å². The lowest BCUT2D eigenvalue weighted by atomic mass is 10.2. The molecule has 1 aromatic heterocycles. The van der Waals surface area contributed by atoms with E-state index in [2.05, 4.69) is 20.8 Å². The maximum Gasteiger partial charge on any atom is 0.209 e. The molecule has 0 atom stereocenters. The minimum absolute atomic E-state index is 0.413. The summed E-state index contributed by atoms with van der Waals surface area (Å²) in [6, 6.07) is 3.47. The van der Waals surface area contributed by atoms with Crippen molar-refractivity contribution in [1.82, 2.24) is 25.5 Å². The lowest BCUT2D eigenvalue weighted by Crippen LogP contribution is -2.20. The molecule has 108 valence electrons. The molecule has 0 amide bonds. The van der Waals surface area contributed by atoms with Gasteiger partial charge >= 0.3 is 0 Å². The van der Waals surface area contributed by atoms with Gasteiger partial charge in [0.15, 0.2) is 0 Å². The second-order valence-corrected chi connectivity index (χ2v) is 5.05. The molecule has 0 radical (unpaired) electrons. The number of nitrogens with zero attached hydrogens (tertiary/aromatic N) is 4. The Morgan fingerprint density at radius 1 is 1.25 bits per heavy atom. The largest absolute Gasteiger partial charge is 0.315 e. The van der Waals surface area contributed by atoms with E-state index in [1.54, 1.807) is 4.68 Å². The number of hydrogen-bond acceptors (Lipinski definition) is 5. The van der Waals surface area contributed by atoms with E-state index in [0.29, 0.717) is 23.0 Å². The van der Waals surface area contributed by atoms with Gasteiger partial charge in [-0.3, -0.25) is 0 Å². The van der Waals surface area contributed by atoms with Crippen LogP contribution in [-0.4, -0.2) is 33.3 Å². The summed E-state index contributed by atoms with van der Waals surface area (Å²) in [7, 11) is 0. The zero-order valence-electron chi connectivity index (χ0n) is 11.0. The van der Waals surface area contributed by atoms with Crippen LogP contribution in [0.25, 0.3) is 0 Å². The number of benzene rings is 1. The zero-order chi connectivity index (χ0) is 14.4. The quantitative estimate of drug-likeness (QED) is 0.624. The Morgan fingerprint density at radius 3 is 2.70 bits per heavy atom. The van der Waals surface area contributed by atoms with Gasteiger partial charge in [-0.05, 0) is 34.7 Å². The predicted molar refractivity (Wildman–Crippen MR) is 72.3 cm³/mol. The maximum atomic E-state index is 13.1. The molecule has 0 aliphatic rings. The number of nitrogens with one attached hydrogen (secondary N) is 1. The summed E-state index contributed by atoms with van der Waals surface area (Å²) in [5.74, 6) is -0.740. The van der Waals surface area contributed by atoms with E-state index in [1.807, 2.05) is 6.92 Å². The predicted octanol–water partition coefficient (Wildman–Crippen LogP) is 1.85. The number of hydrogen-bond donors (Lipinski definition) is 1. The fourth-order valence-electron chi connectivity index (χ4n) is 1.64. The van der Waals surface area contributed by atoms with Gasteiger partial charge in [0.05, 0.1) is 6.54 Å². The Balaban J connectivity index is 1.95. The average Bonchev–Trinajstić information content (AvgIpc) is 2.83. The van der Waals surface area contributed by atoms with Crippen LogP contribution in [0.1, 0.15) is 12.5 Å². The second kappa shape index (κ2) is 7.30. The van der Waals surface area contributed by atoms with Crippen molar-refractivity contribution in [1.29, 1.82) is 0 Å². The summed E-state index contributed by atoms with van der Waals surface area (Å²) in [6.07, 6.45) is 0. The SMILES string of the molecule is CCNCCn1nnnc1SCc1cc(F)cc(F)c1. The lowest BCUT2D eigenvalue weighted by molar-refractivity contribution is 0.517. The second-order valence-electron chi connectivity index (χ2n) is 4.10. The van der Waals surface area contributed by atoms with Gasteiger partial charge in [-0.2, -0.15) is 0 Å². The molecule has 2 aromatic rings. The first-order valence-corrected chi connectivity index (χ1v) is 7.22. The lowest BCUT2D eigenvalue weighted by Gasteiger charge is -2.05. The van der Waals surface area contributed by atoms with E-state index in [0.717, 1.165) is 19.2 Å². The van der Waals surface area contributed by atoms with Gasteiger partial charge in [-0.15, -0.1) is 5.10 Å². The molecule has 1 heterocycles. The highest BCUT2D eigenvalue weighted by molar-refractivity contribution is 7.98. The fourth-order valence-corrected chi connectivity index (χ4v) is 2.48. The van der Waals surface area contributed by atoms with Crippen molar-refractivity contribution in [2.24, 2.45) is 0 Å². The molecule has 0 aliphatic heterocycles. The standard InChI is InChI=1S/C12H15F2N5S/c1-2-15-3-4-19-12(16-17-18-19)20-8-9-5-10(13)7-11(14)6-9/h5-7,15H,2-4,8H2,1H3. The molecule has 0 unspecified atom stereocenters. The van der Waals surface area contributed by atoms with Crippen LogP contribution >= 0.6 is 11.8 Å². The Kier molecular flexibility index (Phi) is 5.42. The van der Waals surface area contributed by atoms with E-state index in [1.165, 1.54) is 23.9 Å². The minimum atomic E-state index is -0.577. The molecular weight excluding hydrogens is 284 g/mol. The number of aromatic nitrogens is 4.